The highest BCUT2D eigenvalue weighted by Gasteiger charge is 2.26. The van der Waals surface area contributed by atoms with Crippen LogP contribution in [0.4, 0.5) is 0 Å². The Kier molecular flexibility index (Phi) is 10.7. The molecule has 0 fully saturated rings. The molecule has 0 aliphatic carbocycles. The molecule has 0 unspecified atom stereocenters. The molecular weight excluding hydrogens is 886 g/mol. The number of furan rings is 2. The second-order valence-corrected chi connectivity index (χ2v) is 19.7. The molecule has 56 heavy (non-hydrogen) atoms. The van der Waals surface area contributed by atoms with Gasteiger partial charge in [0, 0.05) is 22.2 Å². The van der Waals surface area contributed by atoms with Crippen LogP contribution in [0, 0.1) is 0 Å². The van der Waals surface area contributed by atoms with Gasteiger partial charge in [-0.3, -0.25) is 9.11 Å². The van der Waals surface area contributed by atoms with Gasteiger partial charge in [0.15, 0.2) is 19.6 Å². The first-order chi connectivity index (χ1) is 26.7. The number of unbranched alkanes of at least 4 members (excludes halogenated alkanes) is 5. The Morgan fingerprint density at radius 2 is 1.04 bits per heavy atom. The molecule has 0 radical (unpaired) electrons. The van der Waals surface area contributed by atoms with Crippen molar-refractivity contribution in [3.63, 3.8) is 0 Å². The molecule has 0 aliphatic heterocycles. The van der Waals surface area contributed by atoms with Crippen LogP contribution in [0.5, 0.6) is 0 Å². The maximum absolute atomic E-state index is 11.8. The molecule has 6 heterocycles. The fourth-order valence-corrected chi connectivity index (χ4v) is 10.8. The third-order valence-corrected chi connectivity index (χ3v) is 14.7. The van der Waals surface area contributed by atoms with E-state index in [1.165, 1.54) is 12.1 Å². The Bertz CT molecular complexity index is 2910. The number of allylic oxidation sites excluding steroid dienone is 2. The van der Waals surface area contributed by atoms with E-state index < -0.39 is 20.2 Å². The SMILES string of the molecule is O=S(=O)(O)c1cc2oc3c(/C=C/CCCCCC/C=C/c4nn(-c5ccc(Cl)cc5Cl)c5c4oc4cc(S(=O)(=O)O)sc45)nn(-c4ccc(Cl)cc4Cl)c3c2s1. The van der Waals surface area contributed by atoms with Gasteiger partial charge < -0.3 is 8.83 Å². The van der Waals surface area contributed by atoms with Crippen LogP contribution in [0.3, 0.4) is 0 Å². The molecule has 2 aromatic carbocycles. The zero-order chi connectivity index (χ0) is 39.5. The number of hydrogen-bond donors (Lipinski definition) is 2. The Labute approximate surface area is 346 Å². The van der Waals surface area contributed by atoms with Crippen LogP contribution in [0.2, 0.25) is 20.1 Å². The molecule has 8 aromatic rings. The van der Waals surface area contributed by atoms with Gasteiger partial charge in [0.1, 0.15) is 43.0 Å². The number of aromatic nitrogens is 4. The lowest BCUT2D eigenvalue weighted by Crippen LogP contribution is -1.97. The Morgan fingerprint density at radius 1 is 0.625 bits per heavy atom. The second-order valence-electron chi connectivity index (χ2n) is 12.6. The van der Waals surface area contributed by atoms with E-state index in [0.717, 1.165) is 61.2 Å². The minimum absolute atomic E-state index is 0.236. The summed E-state index contributed by atoms with van der Waals surface area (Å²) in [6.07, 6.45) is 13.1. The van der Waals surface area contributed by atoms with E-state index in [0.29, 0.717) is 85.6 Å². The van der Waals surface area contributed by atoms with Crippen LogP contribution in [0.15, 0.2) is 77.9 Å². The predicted molar refractivity (Wildman–Crippen MR) is 223 cm³/mol. The van der Waals surface area contributed by atoms with E-state index in [1.54, 1.807) is 45.8 Å². The van der Waals surface area contributed by atoms with E-state index in [9.17, 15) is 25.9 Å². The van der Waals surface area contributed by atoms with Crippen molar-refractivity contribution in [3.05, 3.63) is 92.2 Å². The minimum atomic E-state index is -4.43. The second kappa shape index (κ2) is 15.2. The largest absolute Gasteiger partial charge is 0.451 e. The van der Waals surface area contributed by atoms with E-state index in [-0.39, 0.29) is 8.42 Å². The van der Waals surface area contributed by atoms with Gasteiger partial charge in [-0.05, 0) is 74.2 Å². The van der Waals surface area contributed by atoms with Crippen LogP contribution in [0.25, 0.3) is 66.3 Å². The van der Waals surface area contributed by atoms with Crippen molar-refractivity contribution in [1.82, 2.24) is 19.6 Å². The van der Waals surface area contributed by atoms with Gasteiger partial charge in [-0.2, -0.15) is 27.0 Å². The molecule has 8 rings (SSSR count). The summed E-state index contributed by atoms with van der Waals surface area (Å²) in [5.41, 5.74) is 4.71. The molecular formula is C36H26Cl4N4O8S4. The van der Waals surface area contributed by atoms with Gasteiger partial charge in [-0.15, -0.1) is 22.7 Å². The summed E-state index contributed by atoms with van der Waals surface area (Å²) in [5, 5.41) is 11.0. The summed E-state index contributed by atoms with van der Waals surface area (Å²) in [6, 6.07) is 12.5. The molecule has 6 aromatic heterocycles. The zero-order valence-electron chi connectivity index (χ0n) is 28.4. The number of hydrogen-bond acceptors (Lipinski definition) is 10. The third kappa shape index (κ3) is 7.55. The number of fused-ring (bicyclic) bond motifs is 6. The molecule has 0 bridgehead atoms. The van der Waals surface area contributed by atoms with Crippen molar-refractivity contribution in [2.75, 3.05) is 0 Å². The summed E-state index contributed by atoms with van der Waals surface area (Å²) < 4.78 is 82.3. The normalized spacial score (nSPS) is 13.0. The van der Waals surface area contributed by atoms with Gasteiger partial charge in [-0.1, -0.05) is 71.4 Å². The van der Waals surface area contributed by atoms with Crippen LogP contribution in [-0.4, -0.2) is 45.5 Å². The van der Waals surface area contributed by atoms with E-state index in [4.69, 9.17) is 65.4 Å². The first-order valence-electron chi connectivity index (χ1n) is 16.8. The topological polar surface area (TPSA) is 171 Å². The van der Waals surface area contributed by atoms with Crippen LogP contribution >= 0.6 is 69.1 Å². The van der Waals surface area contributed by atoms with E-state index >= 15 is 0 Å². The maximum atomic E-state index is 11.8. The summed E-state index contributed by atoms with van der Waals surface area (Å²) in [7, 11) is -8.85. The number of rotatable bonds is 13. The van der Waals surface area contributed by atoms with Crippen molar-refractivity contribution in [2.24, 2.45) is 0 Å². The average Bonchev–Trinajstić information content (AvgIpc) is 3.94. The zero-order valence-corrected chi connectivity index (χ0v) is 34.7. The van der Waals surface area contributed by atoms with Crippen LogP contribution in [0.1, 0.15) is 49.9 Å². The summed E-state index contributed by atoms with van der Waals surface area (Å²) in [5.74, 6) is 0. The Morgan fingerprint density at radius 3 is 1.41 bits per heavy atom. The highest BCUT2D eigenvalue weighted by atomic mass is 35.5. The predicted octanol–water partition coefficient (Wildman–Crippen LogP) is 12.2. The fraction of sp³-hybridized carbons (Fsp3) is 0.167. The van der Waals surface area contributed by atoms with Crippen molar-refractivity contribution in [1.29, 1.82) is 0 Å². The summed E-state index contributed by atoms with van der Waals surface area (Å²) in [6.45, 7) is 0. The first kappa shape index (κ1) is 39.2. The lowest BCUT2D eigenvalue weighted by atomic mass is 10.1. The van der Waals surface area contributed by atoms with E-state index in [2.05, 4.69) is 0 Å². The van der Waals surface area contributed by atoms with Crippen molar-refractivity contribution in [2.45, 2.75) is 46.9 Å². The lowest BCUT2D eigenvalue weighted by molar-refractivity contribution is 0.483. The first-order valence-corrected chi connectivity index (χ1v) is 22.8. The molecule has 0 spiro atoms. The monoisotopic (exact) mass is 910 g/mol. The van der Waals surface area contributed by atoms with Crippen molar-refractivity contribution < 1.29 is 34.8 Å². The smallest absolute Gasteiger partial charge is 0.304 e. The number of halogens is 4. The molecule has 0 saturated heterocycles. The molecule has 0 saturated carbocycles. The molecule has 2 N–H and O–H groups in total. The summed E-state index contributed by atoms with van der Waals surface area (Å²) in [4.78, 5) is 0. The third-order valence-electron chi connectivity index (χ3n) is 8.77. The quantitative estimate of drug-likeness (QED) is 0.0838. The van der Waals surface area contributed by atoms with Gasteiger partial charge in [0.2, 0.25) is 0 Å². The Balaban J connectivity index is 0.928. The lowest BCUT2D eigenvalue weighted by Gasteiger charge is -2.05. The highest BCUT2D eigenvalue weighted by Crippen LogP contribution is 2.42. The molecule has 20 heteroatoms. The number of benzene rings is 2. The van der Waals surface area contributed by atoms with Gasteiger partial charge >= 0.3 is 20.2 Å². The molecule has 0 aliphatic rings. The van der Waals surface area contributed by atoms with Gasteiger partial charge in [0.05, 0.1) is 21.4 Å². The fourth-order valence-electron chi connectivity index (χ4n) is 6.24. The highest BCUT2D eigenvalue weighted by molar-refractivity contribution is 7.88. The van der Waals surface area contributed by atoms with Crippen LogP contribution < -0.4 is 0 Å². The van der Waals surface area contributed by atoms with E-state index in [1.807, 2.05) is 24.3 Å². The molecule has 0 amide bonds. The molecule has 0 atom stereocenters. The van der Waals surface area contributed by atoms with Gasteiger partial charge in [0.25, 0.3) is 0 Å². The molecule has 290 valence electrons. The van der Waals surface area contributed by atoms with Crippen molar-refractivity contribution >= 4 is 144 Å². The number of nitrogens with zero attached hydrogens (tertiary/aromatic N) is 4. The van der Waals surface area contributed by atoms with Crippen molar-refractivity contribution in [3.8, 4) is 11.4 Å². The minimum Gasteiger partial charge on any atom is -0.451 e. The maximum Gasteiger partial charge on any atom is 0.304 e. The van der Waals surface area contributed by atoms with Gasteiger partial charge in [-0.25, -0.2) is 9.36 Å². The van der Waals surface area contributed by atoms with Crippen LogP contribution in [-0.2, 0) is 20.2 Å². The summed E-state index contributed by atoms with van der Waals surface area (Å²) >= 11 is 27.1. The number of thiophene rings is 2. The average molecular weight is 913 g/mol. The Hall–Kier alpha value is -3.68. The standard InChI is InChI=1S/C36H26Cl4N4O8S4/c37-19-11-13-25(21(39)15-19)43-31-33(51-27-17-29(53-35(27)31)55(45,46)47)23(41-43)9-7-5-3-1-2-4-6-8-10-24-34-32(36-28(52-34)18-30(54-36)56(48,49)50)44(42-24)26-14-12-20(38)16-22(26)40/h7-18H,1-6H2,(H,45,46,47)(H,48,49,50)/b9-7+,10-8+. The molecule has 12 nitrogen and oxygen atoms in total.